The first-order chi connectivity index (χ1) is 44.9. The van der Waals surface area contributed by atoms with E-state index in [1.54, 1.807) is 12.6 Å². The molecule has 92 heavy (non-hydrogen) atoms. The first-order valence-electron chi connectivity index (χ1n) is 31.7. The molecule has 0 saturated heterocycles. The molecule has 0 radical (unpaired) electrons. The summed E-state index contributed by atoms with van der Waals surface area (Å²) in [5.41, 5.74) is 26.6. The van der Waals surface area contributed by atoms with Crippen LogP contribution in [0.25, 0.3) is 77.0 Å². The first kappa shape index (κ1) is 56.4. The van der Waals surface area contributed by atoms with Crippen LogP contribution in [0.4, 0.5) is 51.2 Å². The average molecular weight is 1200 g/mol. The highest BCUT2D eigenvalue weighted by atomic mass is 32.1. The van der Waals surface area contributed by atoms with Gasteiger partial charge in [-0.1, -0.05) is 217 Å². The van der Waals surface area contributed by atoms with Crippen molar-refractivity contribution in [1.29, 1.82) is 0 Å². The molecule has 0 N–H and O–H groups in total. The number of aromatic nitrogens is 2. The standard InChI is InChI=1S/C84H66BN5OS/c1-83(2,3)63-34-38-65(39-35-63)88(80-68(56-23-13-8-14-24-56)29-19-30-69(80)57-25-15-9-16-26-57)67-42-43-72-74(51-67)89(66-40-36-64(37-41-66)84(4,5)6)75-49-61(62-52-86-54-87-53-62)50-76-79(75)85(72)82-81(71-47-59(33-45-78(71)92-82)55-21-11-7-12-22-55)90(76)73-44-32-60(77-31-20-46-91-77)48-70(73)58-27-17-10-18-28-58/h7-54H,1-6H3. The molecule has 2 aliphatic heterocycles. The lowest BCUT2D eigenvalue weighted by molar-refractivity contribution is 0.582. The Kier molecular flexibility index (Phi) is 13.9. The third-order valence-corrected chi connectivity index (χ3v) is 19.7. The number of hydrogen-bond acceptors (Lipinski definition) is 7. The minimum atomic E-state index is -0.197. The van der Waals surface area contributed by atoms with Gasteiger partial charge in [0.1, 0.15) is 12.1 Å². The predicted octanol–water partition coefficient (Wildman–Crippen LogP) is 21.4. The van der Waals surface area contributed by atoms with E-state index in [9.17, 15) is 0 Å². The van der Waals surface area contributed by atoms with Crippen LogP contribution in [-0.4, -0.2) is 16.7 Å². The highest BCUT2D eigenvalue weighted by molar-refractivity contribution is 7.33. The van der Waals surface area contributed by atoms with Crippen LogP contribution in [0.15, 0.2) is 296 Å². The van der Waals surface area contributed by atoms with Crippen molar-refractivity contribution in [3.05, 3.63) is 303 Å². The summed E-state index contributed by atoms with van der Waals surface area (Å²) in [4.78, 5) is 17.0. The quantitative estimate of drug-likeness (QED) is 0.120. The Bertz CT molecular complexity index is 4980. The lowest BCUT2D eigenvalue weighted by Gasteiger charge is -2.44. The highest BCUT2D eigenvalue weighted by Gasteiger charge is 2.46. The fraction of sp³-hybridized carbons (Fsp3) is 0.0952. The van der Waals surface area contributed by atoms with Crippen molar-refractivity contribution in [1.82, 2.24) is 9.97 Å². The lowest BCUT2D eigenvalue weighted by atomic mass is 9.36. The molecule has 0 atom stereocenters. The van der Waals surface area contributed by atoms with E-state index >= 15 is 0 Å². The molecule has 8 heteroatoms. The summed E-state index contributed by atoms with van der Waals surface area (Å²) >= 11 is 1.91. The maximum atomic E-state index is 6.15. The van der Waals surface area contributed by atoms with Gasteiger partial charge in [0.05, 0.1) is 23.3 Å². The van der Waals surface area contributed by atoms with E-state index in [0.29, 0.717) is 0 Å². The number of thiophene rings is 1. The van der Waals surface area contributed by atoms with Crippen LogP contribution in [0.3, 0.4) is 0 Å². The Balaban J connectivity index is 1.03. The van der Waals surface area contributed by atoms with Crippen LogP contribution >= 0.6 is 11.3 Å². The zero-order chi connectivity index (χ0) is 62.2. The van der Waals surface area contributed by atoms with Crippen LogP contribution in [-0.2, 0) is 10.8 Å². The second kappa shape index (κ2) is 22.6. The van der Waals surface area contributed by atoms with Gasteiger partial charge in [0, 0.05) is 89.2 Å². The molecule has 0 amide bonds. The molecular formula is C84H66BN5OS. The van der Waals surface area contributed by atoms with Gasteiger partial charge >= 0.3 is 0 Å². The van der Waals surface area contributed by atoms with E-state index in [0.717, 1.165) is 107 Å². The lowest BCUT2D eigenvalue weighted by Crippen LogP contribution is -2.60. The van der Waals surface area contributed by atoms with Crippen molar-refractivity contribution in [2.75, 3.05) is 14.7 Å². The Morgan fingerprint density at radius 1 is 0.413 bits per heavy atom. The van der Waals surface area contributed by atoms with Gasteiger partial charge in [0.25, 0.3) is 6.71 Å². The normalized spacial score (nSPS) is 12.6. The Labute approximate surface area is 543 Å². The number of benzene rings is 11. The van der Waals surface area contributed by atoms with Gasteiger partial charge in [0.15, 0.2) is 0 Å². The molecule has 0 fully saturated rings. The summed E-state index contributed by atoms with van der Waals surface area (Å²) in [6.07, 6.45) is 7.28. The first-order valence-corrected chi connectivity index (χ1v) is 32.5. The maximum Gasteiger partial charge on any atom is 0.264 e. The Morgan fingerprint density at radius 2 is 0.978 bits per heavy atom. The molecule has 2 aliphatic rings. The van der Waals surface area contributed by atoms with E-state index in [4.69, 9.17) is 4.42 Å². The molecule has 442 valence electrons. The van der Waals surface area contributed by atoms with Crippen LogP contribution < -0.4 is 30.4 Å². The van der Waals surface area contributed by atoms with Gasteiger partial charge < -0.3 is 19.1 Å². The van der Waals surface area contributed by atoms with E-state index in [1.165, 1.54) is 48.2 Å². The zero-order valence-corrected chi connectivity index (χ0v) is 53.2. The molecule has 6 nitrogen and oxygen atoms in total. The summed E-state index contributed by atoms with van der Waals surface area (Å²) in [6.45, 7) is 13.6. The van der Waals surface area contributed by atoms with Gasteiger partial charge in [0.2, 0.25) is 0 Å². The monoisotopic (exact) mass is 1200 g/mol. The summed E-state index contributed by atoms with van der Waals surface area (Å²) < 4.78 is 8.64. The van der Waals surface area contributed by atoms with Crippen molar-refractivity contribution in [3.63, 3.8) is 0 Å². The molecule has 11 aromatic carbocycles. The van der Waals surface area contributed by atoms with Gasteiger partial charge in [-0.25, -0.2) is 9.97 Å². The van der Waals surface area contributed by atoms with Crippen LogP contribution in [0, 0.1) is 0 Å². The van der Waals surface area contributed by atoms with E-state index in [1.807, 2.05) is 35.9 Å². The molecule has 0 spiro atoms. The zero-order valence-electron chi connectivity index (χ0n) is 52.3. The third-order valence-electron chi connectivity index (χ3n) is 18.4. The number of furan rings is 1. The summed E-state index contributed by atoms with van der Waals surface area (Å²) in [5, 5.41) is 1.19. The average Bonchev–Trinajstić information content (AvgIpc) is 1.26. The van der Waals surface area contributed by atoms with Crippen molar-refractivity contribution < 1.29 is 4.42 Å². The Hall–Kier alpha value is -10.8. The number of anilines is 9. The molecular weight excluding hydrogens is 1140 g/mol. The molecule has 0 saturated carbocycles. The minimum absolute atomic E-state index is 0.0526. The minimum Gasteiger partial charge on any atom is -0.464 e. The van der Waals surface area contributed by atoms with Crippen molar-refractivity contribution >= 4 is 95.0 Å². The van der Waals surface area contributed by atoms with Crippen molar-refractivity contribution in [2.24, 2.45) is 0 Å². The SMILES string of the molecule is CC(C)(C)c1ccc(N2c3cc(N(c4ccc(C(C)(C)C)cc4)c4c(-c5ccccc5)cccc4-c4ccccc4)ccc3B3c4sc5ccc(-c6ccccc6)cc5c4N(c4ccc(-c5ccco5)cc4-c4ccccc4)c4cc(-c5cncnc5)cc2c43)cc1. The molecule has 0 aliphatic carbocycles. The summed E-state index contributed by atoms with van der Waals surface area (Å²) in [6, 6.07) is 98.8. The maximum absolute atomic E-state index is 6.15. The van der Waals surface area contributed by atoms with Crippen molar-refractivity contribution in [3.8, 4) is 67.0 Å². The molecule has 14 aromatic rings. The van der Waals surface area contributed by atoms with Gasteiger partial charge in [-0.05, 0) is 157 Å². The molecule has 16 rings (SSSR count). The molecule has 5 heterocycles. The fourth-order valence-corrected chi connectivity index (χ4v) is 15.1. The second-order valence-electron chi connectivity index (χ2n) is 26.2. The number of rotatable bonds is 11. The molecule has 0 unspecified atom stereocenters. The summed E-state index contributed by atoms with van der Waals surface area (Å²) in [7, 11) is 0. The molecule has 3 aromatic heterocycles. The number of para-hydroxylation sites is 1. The highest BCUT2D eigenvalue weighted by Crippen LogP contribution is 2.54. The van der Waals surface area contributed by atoms with Crippen molar-refractivity contribution in [2.45, 2.75) is 52.4 Å². The molecule has 0 bridgehead atoms. The van der Waals surface area contributed by atoms with E-state index in [2.05, 4.69) is 321 Å². The topological polar surface area (TPSA) is 48.6 Å². The van der Waals surface area contributed by atoms with Crippen LogP contribution in [0.1, 0.15) is 52.7 Å². The van der Waals surface area contributed by atoms with Gasteiger partial charge in [-0.2, -0.15) is 0 Å². The van der Waals surface area contributed by atoms with E-state index < -0.39 is 0 Å². The smallest absolute Gasteiger partial charge is 0.264 e. The predicted molar refractivity (Wildman–Crippen MR) is 388 cm³/mol. The fourth-order valence-electron chi connectivity index (χ4n) is 13.8. The second-order valence-corrected chi connectivity index (χ2v) is 27.3. The van der Waals surface area contributed by atoms with Gasteiger partial charge in [-0.15, -0.1) is 11.3 Å². The largest absolute Gasteiger partial charge is 0.464 e. The van der Waals surface area contributed by atoms with Crippen LogP contribution in [0.5, 0.6) is 0 Å². The van der Waals surface area contributed by atoms with E-state index in [-0.39, 0.29) is 17.5 Å². The number of nitrogens with zero attached hydrogens (tertiary/aromatic N) is 5. The Morgan fingerprint density at radius 3 is 1.58 bits per heavy atom. The summed E-state index contributed by atoms with van der Waals surface area (Å²) in [5.74, 6) is 0.814. The van der Waals surface area contributed by atoms with Crippen LogP contribution in [0.2, 0.25) is 0 Å². The number of hydrogen-bond donors (Lipinski definition) is 0. The number of fused-ring (bicyclic) bond motifs is 6. The third kappa shape index (κ3) is 9.90. The van der Waals surface area contributed by atoms with Gasteiger partial charge in [-0.3, -0.25) is 0 Å².